The topological polar surface area (TPSA) is 75.4 Å². The summed E-state index contributed by atoms with van der Waals surface area (Å²) in [7, 11) is 0. The van der Waals surface area contributed by atoms with Crippen molar-refractivity contribution in [1.29, 1.82) is 0 Å². The van der Waals surface area contributed by atoms with E-state index < -0.39 is 12.1 Å². The minimum Gasteiger partial charge on any atom is -0.386 e. The summed E-state index contributed by atoms with van der Waals surface area (Å²) in [5.74, 6) is 0.650. The van der Waals surface area contributed by atoms with E-state index in [1.165, 1.54) is 0 Å². The lowest BCUT2D eigenvalue weighted by Crippen LogP contribution is -2.42. The Hall–Kier alpha value is -0.790. The number of hydrogen-bond donors (Lipinski definition) is 3. The number of hydrogen-bond acceptors (Lipinski definition) is 5. The number of thiophene rings is 1. The van der Waals surface area contributed by atoms with Crippen molar-refractivity contribution in [1.82, 2.24) is 5.32 Å². The van der Waals surface area contributed by atoms with Gasteiger partial charge in [-0.05, 0) is 35.9 Å². The molecule has 2 rings (SSSR count). The minimum atomic E-state index is -0.695. The van der Waals surface area contributed by atoms with Crippen LogP contribution in [-0.2, 0) is 4.79 Å². The van der Waals surface area contributed by atoms with E-state index in [2.05, 4.69) is 5.32 Å². The third-order valence-corrected chi connectivity index (χ3v) is 5.07. The largest absolute Gasteiger partial charge is 0.386 e. The number of nitrogens with one attached hydrogen (secondary N) is 1. The van der Waals surface area contributed by atoms with Gasteiger partial charge in [0.2, 0.25) is 5.91 Å². The van der Waals surface area contributed by atoms with Gasteiger partial charge in [-0.1, -0.05) is 18.2 Å². The van der Waals surface area contributed by atoms with E-state index in [0.29, 0.717) is 6.42 Å². The summed E-state index contributed by atoms with van der Waals surface area (Å²) in [6.07, 6.45) is 1.93. The quantitative estimate of drug-likeness (QED) is 0.709. The summed E-state index contributed by atoms with van der Waals surface area (Å²) in [6, 6.07) is 9.43. The van der Waals surface area contributed by atoms with E-state index in [9.17, 15) is 9.90 Å². The predicted molar refractivity (Wildman–Crippen MR) is 98.0 cm³/mol. The summed E-state index contributed by atoms with van der Waals surface area (Å²) < 4.78 is 1.13. The zero-order chi connectivity index (χ0) is 15.2. The van der Waals surface area contributed by atoms with Crippen LogP contribution < -0.4 is 11.1 Å². The third kappa shape index (κ3) is 5.14. The first-order valence-corrected chi connectivity index (χ1v) is 9.01. The van der Waals surface area contributed by atoms with Gasteiger partial charge in [-0.3, -0.25) is 4.79 Å². The van der Waals surface area contributed by atoms with Crippen LogP contribution in [0.5, 0.6) is 0 Å². The van der Waals surface area contributed by atoms with Gasteiger partial charge in [0.15, 0.2) is 0 Å². The average Bonchev–Trinajstić information content (AvgIpc) is 2.93. The Morgan fingerprint density at radius 3 is 2.86 bits per heavy atom. The Labute approximate surface area is 144 Å². The van der Waals surface area contributed by atoms with Crippen LogP contribution in [-0.4, -0.2) is 35.6 Å². The molecule has 1 unspecified atom stereocenters. The van der Waals surface area contributed by atoms with E-state index in [4.69, 9.17) is 5.73 Å². The molecule has 0 radical (unpaired) electrons. The number of aliphatic hydroxyl groups excluding tert-OH is 1. The first-order chi connectivity index (χ1) is 10.1. The van der Waals surface area contributed by atoms with Crippen LogP contribution in [0, 0.1) is 0 Å². The molecule has 0 saturated heterocycles. The number of aliphatic hydroxyl groups is 1. The van der Waals surface area contributed by atoms with Crippen LogP contribution in [0.25, 0.3) is 10.1 Å². The molecule has 0 saturated carbocycles. The number of halogens is 1. The van der Waals surface area contributed by atoms with Crippen LogP contribution in [0.4, 0.5) is 0 Å². The molecule has 122 valence electrons. The molecule has 0 fully saturated rings. The second-order valence-electron chi connectivity index (χ2n) is 4.84. The Bertz CT molecular complexity index is 573. The maximum atomic E-state index is 11.8. The van der Waals surface area contributed by atoms with Gasteiger partial charge in [-0.15, -0.1) is 23.7 Å². The number of rotatable bonds is 7. The number of fused-ring (bicyclic) bond motifs is 1. The fourth-order valence-corrected chi connectivity index (χ4v) is 3.51. The van der Waals surface area contributed by atoms with E-state index in [1.807, 2.05) is 36.6 Å². The van der Waals surface area contributed by atoms with Crippen molar-refractivity contribution in [3.63, 3.8) is 0 Å². The summed E-state index contributed by atoms with van der Waals surface area (Å²) in [5, 5.41) is 14.0. The Morgan fingerprint density at radius 2 is 2.18 bits per heavy atom. The third-order valence-electron chi connectivity index (χ3n) is 3.21. The molecule has 1 aromatic carbocycles. The van der Waals surface area contributed by atoms with Crippen LogP contribution in [0.1, 0.15) is 17.4 Å². The molecule has 0 spiro atoms. The first kappa shape index (κ1) is 19.3. The molecular weight excluding hydrogens is 340 g/mol. The van der Waals surface area contributed by atoms with Crippen molar-refractivity contribution in [2.24, 2.45) is 5.73 Å². The van der Waals surface area contributed by atoms with Gasteiger partial charge < -0.3 is 16.2 Å². The molecule has 4 N–H and O–H groups in total. The highest BCUT2D eigenvalue weighted by molar-refractivity contribution is 7.98. The van der Waals surface area contributed by atoms with Gasteiger partial charge in [0.05, 0.1) is 6.04 Å². The van der Waals surface area contributed by atoms with Gasteiger partial charge in [0.1, 0.15) is 6.10 Å². The first-order valence-electron chi connectivity index (χ1n) is 6.80. The Morgan fingerprint density at radius 1 is 1.45 bits per heavy atom. The summed E-state index contributed by atoms with van der Waals surface area (Å²) in [5.41, 5.74) is 5.79. The lowest BCUT2D eigenvalue weighted by molar-refractivity contribution is -0.122. The maximum absolute atomic E-state index is 11.8. The number of carbonyl (C=O) groups excluding carboxylic acids is 1. The molecule has 0 aliphatic rings. The van der Waals surface area contributed by atoms with Crippen molar-refractivity contribution in [3.8, 4) is 0 Å². The number of amides is 1. The summed E-state index contributed by atoms with van der Waals surface area (Å²) in [6.45, 7) is 0.193. The van der Waals surface area contributed by atoms with Gasteiger partial charge in [-0.2, -0.15) is 11.8 Å². The second-order valence-corrected chi connectivity index (χ2v) is 6.94. The average molecular weight is 361 g/mol. The molecule has 1 amide bonds. The van der Waals surface area contributed by atoms with Crippen molar-refractivity contribution in [2.75, 3.05) is 18.6 Å². The zero-order valence-electron chi connectivity index (χ0n) is 12.3. The molecule has 2 atom stereocenters. The molecule has 22 heavy (non-hydrogen) atoms. The molecule has 1 aromatic heterocycles. The fraction of sp³-hybridized carbons (Fsp3) is 0.400. The number of benzene rings is 1. The molecule has 7 heteroatoms. The maximum Gasteiger partial charge on any atom is 0.237 e. The van der Waals surface area contributed by atoms with Gasteiger partial charge in [0, 0.05) is 16.1 Å². The van der Waals surface area contributed by atoms with Crippen LogP contribution >= 0.6 is 35.5 Å². The number of thioether (sulfide) groups is 1. The monoisotopic (exact) mass is 360 g/mol. The second kappa shape index (κ2) is 9.37. The standard InChI is InChI=1S/C15H20N2O2S2.ClH/c1-20-7-6-11(16)15(19)17-9-12(18)14-8-10-4-2-3-5-13(10)21-14;/h2-5,8,11-12,18H,6-7,9,16H2,1H3,(H,17,19);1H/t11-,12?;/m0./s1. The van der Waals surface area contributed by atoms with Crippen molar-refractivity contribution >= 4 is 51.5 Å². The fourth-order valence-electron chi connectivity index (χ4n) is 1.97. The zero-order valence-corrected chi connectivity index (χ0v) is 14.8. The highest BCUT2D eigenvalue weighted by atomic mass is 35.5. The highest BCUT2D eigenvalue weighted by Crippen LogP contribution is 2.29. The molecule has 1 heterocycles. The molecule has 0 bridgehead atoms. The predicted octanol–water partition coefficient (Wildman–Crippen LogP) is 2.55. The molecule has 2 aromatic rings. The normalized spacial score (nSPS) is 13.4. The SMILES string of the molecule is CSCC[C@H](N)C(=O)NCC(O)c1cc2ccccc2s1.Cl. The van der Waals surface area contributed by atoms with Crippen LogP contribution in [0.2, 0.25) is 0 Å². The summed E-state index contributed by atoms with van der Waals surface area (Å²) >= 11 is 3.21. The van der Waals surface area contributed by atoms with E-state index in [1.54, 1.807) is 23.1 Å². The molecule has 0 aliphatic heterocycles. The lowest BCUT2D eigenvalue weighted by atomic mass is 10.2. The summed E-state index contributed by atoms with van der Waals surface area (Å²) in [4.78, 5) is 12.7. The van der Waals surface area contributed by atoms with E-state index in [-0.39, 0.29) is 24.9 Å². The molecule has 0 aliphatic carbocycles. The van der Waals surface area contributed by atoms with Crippen molar-refractivity contribution in [3.05, 3.63) is 35.2 Å². The van der Waals surface area contributed by atoms with Gasteiger partial charge in [-0.25, -0.2) is 0 Å². The lowest BCUT2D eigenvalue weighted by Gasteiger charge is -2.14. The smallest absolute Gasteiger partial charge is 0.237 e. The van der Waals surface area contributed by atoms with Crippen molar-refractivity contribution < 1.29 is 9.90 Å². The van der Waals surface area contributed by atoms with E-state index in [0.717, 1.165) is 20.7 Å². The highest BCUT2D eigenvalue weighted by Gasteiger charge is 2.16. The Balaban J connectivity index is 0.00000242. The van der Waals surface area contributed by atoms with Crippen molar-refractivity contribution in [2.45, 2.75) is 18.6 Å². The van der Waals surface area contributed by atoms with E-state index >= 15 is 0 Å². The van der Waals surface area contributed by atoms with Gasteiger partial charge >= 0.3 is 0 Å². The minimum absolute atomic E-state index is 0. The van der Waals surface area contributed by atoms with Crippen LogP contribution in [0.3, 0.4) is 0 Å². The number of carbonyl (C=O) groups is 1. The number of nitrogens with two attached hydrogens (primary N) is 1. The molecular formula is C15H21ClN2O2S2. The molecule has 4 nitrogen and oxygen atoms in total. The van der Waals surface area contributed by atoms with Crippen LogP contribution in [0.15, 0.2) is 30.3 Å². The van der Waals surface area contributed by atoms with Gasteiger partial charge in [0.25, 0.3) is 0 Å². The Kier molecular flexibility index (Phi) is 8.20.